The van der Waals surface area contributed by atoms with Crippen molar-refractivity contribution in [2.24, 2.45) is 17.6 Å². The molecule has 3 aliphatic carbocycles. The number of likely N-dealkylation sites (N-methyl/N-ethyl adjacent to an activating group) is 1. The van der Waals surface area contributed by atoms with Crippen molar-refractivity contribution in [1.82, 2.24) is 10.2 Å². The van der Waals surface area contributed by atoms with Crippen molar-refractivity contribution in [3.8, 4) is 5.75 Å². The van der Waals surface area contributed by atoms with Gasteiger partial charge in [-0.1, -0.05) is 6.07 Å². The van der Waals surface area contributed by atoms with Gasteiger partial charge in [-0.15, -0.1) is 0 Å². The smallest absolute Gasteiger partial charge is 0.255 e. The molecule has 0 bridgehead atoms. The van der Waals surface area contributed by atoms with E-state index in [4.69, 9.17) is 5.73 Å². The minimum atomic E-state index is -2.65. The lowest BCUT2D eigenvalue weighted by Gasteiger charge is -2.50. The zero-order valence-electron chi connectivity index (χ0n) is 24.3. The number of amides is 1. The molecular weight excluding hydrogens is 528 g/mol. The van der Waals surface area contributed by atoms with Crippen LogP contribution >= 0.6 is 0 Å². The molecule has 5 rings (SSSR count). The van der Waals surface area contributed by atoms with Crippen LogP contribution in [0, 0.1) is 11.8 Å². The number of anilines is 1. The lowest BCUT2D eigenvalue weighted by atomic mass is 9.58. The number of carbonyl (C=O) groups excluding carboxylic acids is 3. The number of nitrogens with two attached hydrogens (primary N) is 1. The summed E-state index contributed by atoms with van der Waals surface area (Å²) in [6, 6.07) is 2.52. The maximum Gasteiger partial charge on any atom is 0.255 e. The van der Waals surface area contributed by atoms with E-state index in [9.17, 15) is 34.8 Å². The van der Waals surface area contributed by atoms with Gasteiger partial charge in [0.2, 0.25) is 5.78 Å². The van der Waals surface area contributed by atoms with Gasteiger partial charge in [-0.05, 0) is 85.0 Å². The first kappa shape index (κ1) is 29.1. The van der Waals surface area contributed by atoms with Crippen LogP contribution in [0.3, 0.4) is 0 Å². The van der Waals surface area contributed by atoms with Gasteiger partial charge in [-0.3, -0.25) is 19.3 Å². The van der Waals surface area contributed by atoms with Gasteiger partial charge in [-0.25, -0.2) is 0 Å². The fourth-order valence-corrected chi connectivity index (χ4v) is 7.99. The van der Waals surface area contributed by atoms with Gasteiger partial charge in [0.1, 0.15) is 22.8 Å². The highest BCUT2D eigenvalue weighted by Gasteiger charge is 2.63. The Labute approximate surface area is 239 Å². The van der Waals surface area contributed by atoms with Crippen LogP contribution in [0.4, 0.5) is 5.69 Å². The number of aliphatic hydroxyl groups excluding tert-OH is 2. The van der Waals surface area contributed by atoms with Crippen LogP contribution in [0.1, 0.15) is 62.9 Å². The molecule has 4 aliphatic rings. The van der Waals surface area contributed by atoms with E-state index in [1.54, 1.807) is 26.2 Å². The maximum absolute atomic E-state index is 13.9. The molecule has 0 saturated carbocycles. The van der Waals surface area contributed by atoms with E-state index < -0.39 is 58.0 Å². The number of benzene rings is 1. The quantitative estimate of drug-likeness (QED) is 0.209. The molecule has 11 heteroatoms. The van der Waals surface area contributed by atoms with E-state index in [1.807, 2.05) is 0 Å². The van der Waals surface area contributed by atoms with E-state index in [1.165, 1.54) is 4.90 Å². The number of phenols is 1. The number of aliphatic hydroxyl groups is 3. The number of hydrogen-bond acceptors (Lipinski definition) is 10. The molecule has 0 spiro atoms. The van der Waals surface area contributed by atoms with E-state index in [0.717, 1.165) is 12.8 Å². The van der Waals surface area contributed by atoms with E-state index in [2.05, 4.69) is 38.3 Å². The van der Waals surface area contributed by atoms with Crippen molar-refractivity contribution < 1.29 is 34.8 Å². The highest BCUT2D eigenvalue weighted by molar-refractivity contribution is 6.24. The second-order valence-corrected chi connectivity index (χ2v) is 13.6. The Morgan fingerprint density at radius 1 is 1.07 bits per heavy atom. The van der Waals surface area contributed by atoms with Crippen LogP contribution in [0.15, 0.2) is 34.8 Å². The topological polar surface area (TPSA) is 185 Å². The Morgan fingerprint density at radius 3 is 2.24 bits per heavy atom. The van der Waals surface area contributed by atoms with Crippen molar-refractivity contribution in [2.45, 2.75) is 82.1 Å². The molecule has 1 heterocycles. The van der Waals surface area contributed by atoms with Crippen molar-refractivity contribution >= 4 is 23.2 Å². The molecule has 41 heavy (non-hydrogen) atoms. The van der Waals surface area contributed by atoms with Crippen LogP contribution in [0.5, 0.6) is 5.75 Å². The Morgan fingerprint density at radius 2 is 1.68 bits per heavy atom. The number of primary amides is 1. The van der Waals surface area contributed by atoms with Crippen molar-refractivity contribution in [3.05, 3.63) is 45.9 Å². The molecule has 4 atom stereocenters. The molecule has 1 saturated heterocycles. The lowest BCUT2D eigenvalue weighted by molar-refractivity contribution is -0.148. The second-order valence-electron chi connectivity index (χ2n) is 13.6. The van der Waals surface area contributed by atoms with Crippen molar-refractivity contribution in [2.75, 3.05) is 19.4 Å². The molecule has 0 radical (unpaired) electrons. The van der Waals surface area contributed by atoms with Gasteiger partial charge < -0.3 is 36.8 Å². The minimum Gasteiger partial charge on any atom is -0.510 e. The number of nitrogens with zero attached hydrogens (tertiary/aromatic N) is 1. The molecule has 1 aromatic carbocycles. The van der Waals surface area contributed by atoms with Gasteiger partial charge in [-0.2, -0.15) is 0 Å². The summed E-state index contributed by atoms with van der Waals surface area (Å²) in [5, 5.41) is 52.4. The maximum atomic E-state index is 13.9. The highest BCUT2D eigenvalue weighted by atomic mass is 16.3. The first-order chi connectivity index (χ1) is 18.9. The predicted molar refractivity (Wildman–Crippen MR) is 152 cm³/mol. The van der Waals surface area contributed by atoms with Gasteiger partial charge in [0.15, 0.2) is 11.4 Å². The first-order valence-corrected chi connectivity index (χ1v) is 13.9. The monoisotopic (exact) mass is 568 g/mol. The number of ketones is 2. The molecule has 1 amide bonds. The molecule has 1 fully saturated rings. The van der Waals surface area contributed by atoms with Crippen LogP contribution in [0.2, 0.25) is 0 Å². The third-order valence-corrected chi connectivity index (χ3v) is 9.14. The predicted octanol–water partition coefficient (Wildman–Crippen LogP) is 1.84. The molecule has 8 N–H and O–H groups in total. The summed E-state index contributed by atoms with van der Waals surface area (Å²) in [5.74, 6) is -6.53. The summed E-state index contributed by atoms with van der Waals surface area (Å²) in [4.78, 5) is 41.1. The summed E-state index contributed by atoms with van der Waals surface area (Å²) in [6.07, 6.45) is 1.88. The number of allylic oxidation sites excluding steroid dienone is 1. The van der Waals surface area contributed by atoms with Crippen LogP contribution in [0.25, 0.3) is 0 Å². The SMILES string of the molecule is CN(C)[C@@H]1C(O)=C(C(N)=O)C(=O)[C@@]2(O)C(O)=C3C(=O)c4c(ccc(NC5CC(C)(C)NC(C)(C)C5)c4O)C[C@@H]3C[C@@H]12. The number of hydrogen-bond donors (Lipinski definition) is 7. The average molecular weight is 569 g/mol. The number of aromatic hydroxyl groups is 1. The van der Waals surface area contributed by atoms with Gasteiger partial charge >= 0.3 is 0 Å². The number of piperidine rings is 1. The summed E-state index contributed by atoms with van der Waals surface area (Å²) in [7, 11) is 3.20. The van der Waals surface area contributed by atoms with E-state index >= 15 is 0 Å². The van der Waals surface area contributed by atoms with Crippen molar-refractivity contribution in [1.29, 1.82) is 0 Å². The molecule has 0 aromatic heterocycles. The third kappa shape index (κ3) is 4.41. The molecular formula is C30H40N4O7. The summed E-state index contributed by atoms with van der Waals surface area (Å²) >= 11 is 0. The number of Topliss-reactive ketones (excluding diaryl/α,β-unsaturated/α-hetero) is 2. The Hall–Kier alpha value is -3.41. The zero-order valence-corrected chi connectivity index (χ0v) is 24.3. The first-order valence-electron chi connectivity index (χ1n) is 13.9. The largest absolute Gasteiger partial charge is 0.510 e. The Kier molecular flexibility index (Phi) is 6.60. The van der Waals surface area contributed by atoms with Gasteiger partial charge in [0.25, 0.3) is 5.91 Å². The number of phenolic OH excluding ortho intramolecular Hbond substituents is 1. The van der Waals surface area contributed by atoms with Crippen molar-refractivity contribution in [3.63, 3.8) is 0 Å². The fraction of sp³-hybridized carbons (Fsp3) is 0.567. The average Bonchev–Trinajstić information content (AvgIpc) is 2.80. The number of fused-ring (bicyclic) bond motifs is 3. The normalized spacial score (nSPS) is 31.1. The van der Waals surface area contributed by atoms with Crippen LogP contribution in [-0.2, 0) is 16.0 Å². The molecule has 0 unspecified atom stereocenters. The van der Waals surface area contributed by atoms with Crippen LogP contribution < -0.4 is 16.4 Å². The molecule has 222 valence electrons. The minimum absolute atomic E-state index is 0.00300. The summed E-state index contributed by atoms with van der Waals surface area (Å²) in [6.45, 7) is 8.45. The molecule has 1 aliphatic heterocycles. The zero-order chi connectivity index (χ0) is 30.4. The fourth-order valence-electron chi connectivity index (χ4n) is 7.99. The molecule has 1 aromatic rings. The third-order valence-electron chi connectivity index (χ3n) is 9.14. The number of rotatable bonds is 4. The number of nitrogens with one attached hydrogen (secondary N) is 2. The van der Waals surface area contributed by atoms with Gasteiger partial charge in [0, 0.05) is 28.6 Å². The van der Waals surface area contributed by atoms with E-state index in [0.29, 0.717) is 11.3 Å². The summed E-state index contributed by atoms with van der Waals surface area (Å²) < 4.78 is 0. The van der Waals surface area contributed by atoms with E-state index in [-0.39, 0.29) is 46.8 Å². The summed E-state index contributed by atoms with van der Waals surface area (Å²) in [5.41, 5.74) is 2.42. The Balaban J connectivity index is 1.57. The van der Waals surface area contributed by atoms with Crippen LogP contribution in [-0.4, -0.2) is 85.7 Å². The molecule has 11 nitrogen and oxygen atoms in total. The second kappa shape index (κ2) is 9.30. The van der Waals surface area contributed by atoms with Gasteiger partial charge in [0.05, 0.1) is 17.3 Å². The highest BCUT2D eigenvalue weighted by Crippen LogP contribution is 2.52. The number of carbonyl (C=O) groups is 3. The standard InChI is InChI=1S/C30H40N4O7/c1-28(2)11-15(12-29(3,4)33-28)32-17-8-7-13-9-14-10-16-21(34(5)6)24(37)20(27(31)40)26(39)30(16,41)25(38)19(14)23(36)18(13)22(17)35/h7-8,14-16,21,32-33,35,37-38,41H,9-12H2,1-6H3,(H2,31,40)/t14-,16+,21+,30+/m1/s1. The Bertz CT molecular complexity index is 1410. The lowest BCUT2D eigenvalue weighted by Crippen LogP contribution is -2.63.